The van der Waals surface area contributed by atoms with Crippen LogP contribution in [0, 0.1) is 20.2 Å². The van der Waals surface area contributed by atoms with Crippen LogP contribution >= 0.6 is 11.6 Å². The van der Waals surface area contributed by atoms with Crippen molar-refractivity contribution in [3.8, 4) is 5.75 Å². The van der Waals surface area contributed by atoms with Gasteiger partial charge in [-0.3, -0.25) is 25.0 Å². The third-order valence-corrected chi connectivity index (χ3v) is 4.97. The summed E-state index contributed by atoms with van der Waals surface area (Å²) in [5.74, 6) is -0.286. The number of benzene rings is 2. The normalized spacial score (nSPS) is 13.9. The Kier molecular flexibility index (Phi) is 5.83. The Labute approximate surface area is 170 Å². The molecule has 11 heteroatoms. The summed E-state index contributed by atoms with van der Waals surface area (Å²) in [6.07, 6.45) is 0. The smallest absolute Gasteiger partial charge is 0.311 e. The van der Waals surface area contributed by atoms with Crippen LogP contribution < -0.4 is 9.64 Å². The number of rotatable bonds is 5. The van der Waals surface area contributed by atoms with Crippen LogP contribution in [0.3, 0.4) is 0 Å². The summed E-state index contributed by atoms with van der Waals surface area (Å²) in [6.45, 7) is 1.27. The van der Waals surface area contributed by atoms with E-state index in [2.05, 4.69) is 0 Å². The van der Waals surface area contributed by atoms with Gasteiger partial charge in [-0.2, -0.15) is 0 Å². The number of para-hydroxylation sites is 1. The Morgan fingerprint density at radius 2 is 1.69 bits per heavy atom. The van der Waals surface area contributed by atoms with Crippen LogP contribution in [0.4, 0.5) is 17.1 Å². The number of carbonyl (C=O) groups is 1. The summed E-state index contributed by atoms with van der Waals surface area (Å²) < 4.78 is 4.95. The number of methoxy groups -OCH3 is 1. The Hall–Kier alpha value is -3.40. The number of amides is 1. The quantitative estimate of drug-likeness (QED) is 0.538. The van der Waals surface area contributed by atoms with Gasteiger partial charge in [0.05, 0.1) is 22.0 Å². The van der Waals surface area contributed by atoms with E-state index in [4.69, 9.17) is 16.3 Å². The van der Waals surface area contributed by atoms with Crippen LogP contribution in [-0.2, 0) is 0 Å². The summed E-state index contributed by atoms with van der Waals surface area (Å²) in [5, 5.41) is 22.7. The summed E-state index contributed by atoms with van der Waals surface area (Å²) in [7, 11) is 1.32. The molecule has 1 saturated heterocycles. The van der Waals surface area contributed by atoms with Gasteiger partial charge in [0.1, 0.15) is 5.69 Å². The lowest BCUT2D eigenvalue weighted by Gasteiger charge is -2.36. The minimum atomic E-state index is -0.607. The third kappa shape index (κ3) is 4.06. The van der Waals surface area contributed by atoms with Gasteiger partial charge in [-0.05, 0) is 18.2 Å². The molecule has 10 nitrogen and oxygen atoms in total. The second kappa shape index (κ2) is 8.31. The number of nitro benzene ring substituents is 2. The molecule has 0 aliphatic carbocycles. The lowest BCUT2D eigenvalue weighted by Crippen LogP contribution is -2.49. The van der Waals surface area contributed by atoms with Crippen molar-refractivity contribution in [3.05, 3.63) is 67.2 Å². The Balaban J connectivity index is 1.77. The fraction of sp³-hybridized carbons (Fsp3) is 0.278. The van der Waals surface area contributed by atoms with Gasteiger partial charge in [0.25, 0.3) is 11.6 Å². The average molecular weight is 421 g/mol. The SMILES string of the molecule is COc1ccc(C(=O)N2CCN(c3c(Cl)cccc3[N+](=O)[O-])CC2)cc1[N+](=O)[O-]. The highest BCUT2D eigenvalue weighted by Gasteiger charge is 2.29. The van der Waals surface area contributed by atoms with Crippen molar-refractivity contribution in [1.29, 1.82) is 0 Å². The van der Waals surface area contributed by atoms with E-state index in [0.29, 0.717) is 31.9 Å². The molecule has 1 fully saturated rings. The zero-order chi connectivity index (χ0) is 21.1. The molecule has 1 heterocycles. The first-order valence-corrected chi connectivity index (χ1v) is 9.01. The molecule has 2 aromatic carbocycles. The average Bonchev–Trinajstić information content (AvgIpc) is 2.72. The van der Waals surface area contributed by atoms with Crippen molar-refractivity contribution in [2.24, 2.45) is 0 Å². The maximum atomic E-state index is 12.8. The molecular formula is C18H17ClN4O6. The minimum Gasteiger partial charge on any atom is -0.490 e. The van der Waals surface area contributed by atoms with Gasteiger partial charge in [-0.1, -0.05) is 17.7 Å². The van der Waals surface area contributed by atoms with Gasteiger partial charge < -0.3 is 14.5 Å². The molecule has 0 atom stereocenters. The predicted octanol–water partition coefficient (Wildman–Crippen LogP) is 3.13. The zero-order valence-electron chi connectivity index (χ0n) is 15.4. The highest BCUT2D eigenvalue weighted by Crippen LogP contribution is 2.36. The topological polar surface area (TPSA) is 119 Å². The first-order valence-electron chi connectivity index (χ1n) is 8.63. The van der Waals surface area contributed by atoms with E-state index in [1.165, 1.54) is 37.4 Å². The molecule has 152 valence electrons. The van der Waals surface area contributed by atoms with Gasteiger partial charge in [0.2, 0.25) is 0 Å². The maximum absolute atomic E-state index is 12.8. The van der Waals surface area contributed by atoms with Gasteiger partial charge in [-0.25, -0.2) is 0 Å². The highest BCUT2D eigenvalue weighted by atomic mass is 35.5. The molecule has 0 N–H and O–H groups in total. The van der Waals surface area contributed by atoms with E-state index in [1.807, 2.05) is 0 Å². The Morgan fingerprint density at radius 3 is 2.28 bits per heavy atom. The predicted molar refractivity (Wildman–Crippen MR) is 106 cm³/mol. The van der Waals surface area contributed by atoms with E-state index in [1.54, 1.807) is 15.9 Å². The number of piperazine rings is 1. The fourth-order valence-corrected chi connectivity index (χ4v) is 3.53. The van der Waals surface area contributed by atoms with E-state index >= 15 is 0 Å². The lowest BCUT2D eigenvalue weighted by molar-refractivity contribution is -0.385. The molecular weight excluding hydrogens is 404 g/mol. The van der Waals surface area contributed by atoms with Gasteiger partial charge in [-0.15, -0.1) is 0 Å². The van der Waals surface area contributed by atoms with Crippen LogP contribution in [0.5, 0.6) is 5.75 Å². The van der Waals surface area contributed by atoms with Crippen molar-refractivity contribution >= 4 is 34.6 Å². The van der Waals surface area contributed by atoms with Gasteiger partial charge in [0, 0.05) is 43.9 Å². The monoisotopic (exact) mass is 420 g/mol. The summed E-state index contributed by atoms with van der Waals surface area (Å²) in [5.41, 5.74) is 0.118. The molecule has 0 spiro atoms. The molecule has 29 heavy (non-hydrogen) atoms. The van der Waals surface area contributed by atoms with Crippen molar-refractivity contribution in [3.63, 3.8) is 0 Å². The van der Waals surface area contributed by atoms with Crippen molar-refractivity contribution in [1.82, 2.24) is 4.90 Å². The number of nitrogens with zero attached hydrogens (tertiary/aromatic N) is 4. The molecule has 0 unspecified atom stereocenters. The Bertz CT molecular complexity index is 975. The molecule has 0 radical (unpaired) electrons. The van der Waals surface area contributed by atoms with Crippen LogP contribution in [0.15, 0.2) is 36.4 Å². The largest absolute Gasteiger partial charge is 0.490 e. The number of halogens is 1. The second-order valence-electron chi connectivity index (χ2n) is 6.29. The molecule has 0 aromatic heterocycles. The van der Waals surface area contributed by atoms with Gasteiger partial charge >= 0.3 is 5.69 Å². The van der Waals surface area contributed by atoms with E-state index < -0.39 is 9.85 Å². The summed E-state index contributed by atoms with van der Waals surface area (Å²) in [6, 6.07) is 8.52. The first-order chi connectivity index (χ1) is 13.8. The van der Waals surface area contributed by atoms with Crippen LogP contribution in [0.25, 0.3) is 0 Å². The van der Waals surface area contributed by atoms with E-state index in [-0.39, 0.29) is 33.6 Å². The molecule has 3 rings (SSSR count). The van der Waals surface area contributed by atoms with Crippen molar-refractivity contribution in [2.75, 3.05) is 38.2 Å². The highest BCUT2D eigenvalue weighted by molar-refractivity contribution is 6.33. The number of nitro groups is 2. The summed E-state index contributed by atoms with van der Waals surface area (Å²) >= 11 is 6.17. The number of hydrogen-bond donors (Lipinski definition) is 0. The van der Waals surface area contributed by atoms with E-state index in [0.717, 1.165) is 0 Å². The molecule has 2 aromatic rings. The zero-order valence-corrected chi connectivity index (χ0v) is 16.2. The number of carbonyl (C=O) groups excluding carboxylic acids is 1. The number of hydrogen-bond acceptors (Lipinski definition) is 7. The Morgan fingerprint density at radius 1 is 1.03 bits per heavy atom. The molecule has 1 aliphatic rings. The van der Waals surface area contributed by atoms with E-state index in [9.17, 15) is 25.0 Å². The van der Waals surface area contributed by atoms with Crippen LogP contribution in [-0.4, -0.2) is 53.9 Å². The first kappa shape index (κ1) is 20.3. The van der Waals surface area contributed by atoms with Crippen molar-refractivity contribution in [2.45, 2.75) is 0 Å². The number of anilines is 1. The fourth-order valence-electron chi connectivity index (χ4n) is 3.25. The maximum Gasteiger partial charge on any atom is 0.311 e. The summed E-state index contributed by atoms with van der Waals surface area (Å²) in [4.78, 5) is 37.5. The minimum absolute atomic E-state index is 0.0717. The van der Waals surface area contributed by atoms with Crippen molar-refractivity contribution < 1.29 is 19.4 Å². The number of ether oxygens (including phenoxy) is 1. The standard InChI is InChI=1S/C18H17ClN4O6/c1-29-16-6-5-12(11-15(16)23(27)28)18(24)21-9-7-20(8-10-21)17-13(19)3-2-4-14(17)22(25)26/h2-6,11H,7-10H2,1H3. The lowest BCUT2D eigenvalue weighted by atomic mass is 10.1. The van der Waals surface area contributed by atoms with Crippen LogP contribution in [0.2, 0.25) is 5.02 Å². The molecule has 1 amide bonds. The third-order valence-electron chi connectivity index (χ3n) is 4.67. The van der Waals surface area contributed by atoms with Gasteiger partial charge in [0.15, 0.2) is 5.75 Å². The second-order valence-corrected chi connectivity index (χ2v) is 6.69. The molecule has 0 bridgehead atoms. The molecule has 1 aliphatic heterocycles. The van der Waals surface area contributed by atoms with Crippen LogP contribution in [0.1, 0.15) is 10.4 Å². The molecule has 0 saturated carbocycles.